The van der Waals surface area contributed by atoms with Gasteiger partial charge in [0.2, 0.25) is 5.82 Å². The summed E-state index contributed by atoms with van der Waals surface area (Å²) in [6.07, 6.45) is 1.54. The molecule has 0 aliphatic carbocycles. The van der Waals surface area contributed by atoms with Gasteiger partial charge < -0.3 is 10.1 Å². The van der Waals surface area contributed by atoms with E-state index in [1.165, 1.54) is 6.21 Å². The number of nitrogens with one attached hydrogen (secondary N) is 2. The van der Waals surface area contributed by atoms with Crippen LogP contribution in [0.4, 0.5) is 5.82 Å². The summed E-state index contributed by atoms with van der Waals surface area (Å²) in [4.78, 5) is 18.8. The molecule has 0 radical (unpaired) electrons. The van der Waals surface area contributed by atoms with Gasteiger partial charge in [0.15, 0.2) is 0 Å². The van der Waals surface area contributed by atoms with E-state index in [-0.39, 0.29) is 17.1 Å². The Morgan fingerprint density at radius 3 is 2.71 bits per heavy atom. The van der Waals surface area contributed by atoms with E-state index >= 15 is 0 Å². The van der Waals surface area contributed by atoms with Crippen LogP contribution < -0.4 is 11.0 Å². The van der Waals surface area contributed by atoms with Crippen molar-refractivity contribution in [2.45, 2.75) is 0 Å². The molecule has 1 aromatic heterocycles. The predicted molar refractivity (Wildman–Crippen MR) is 81.7 cm³/mol. The lowest BCUT2D eigenvalue weighted by molar-refractivity contribution is 0.475. The second-order valence-corrected chi connectivity index (χ2v) is 4.39. The lowest BCUT2D eigenvalue weighted by Gasteiger charge is -2.01. The van der Waals surface area contributed by atoms with Crippen molar-refractivity contribution >= 4 is 23.1 Å². The summed E-state index contributed by atoms with van der Waals surface area (Å²) in [7, 11) is 0. The first-order valence-electron chi connectivity index (χ1n) is 6.29. The van der Waals surface area contributed by atoms with Crippen LogP contribution in [0, 0.1) is 0 Å². The first-order chi connectivity index (χ1) is 10.2. The van der Waals surface area contributed by atoms with Gasteiger partial charge in [-0.1, -0.05) is 12.1 Å². The van der Waals surface area contributed by atoms with Gasteiger partial charge in [-0.3, -0.25) is 10.2 Å². The molecule has 0 amide bonds. The fraction of sp³-hybridized carbons (Fsp3) is 0. The zero-order chi connectivity index (χ0) is 14.7. The Balaban J connectivity index is 1.83. The van der Waals surface area contributed by atoms with E-state index in [9.17, 15) is 9.90 Å². The SMILES string of the molecule is O=c1[nH]c2ccccc2nc1N/N=C/c1ccc(O)cc1. The summed E-state index contributed by atoms with van der Waals surface area (Å²) in [6, 6.07) is 13.8. The third-order valence-electron chi connectivity index (χ3n) is 2.88. The maximum atomic E-state index is 11.8. The molecular weight excluding hydrogens is 268 g/mol. The number of hydrogen-bond acceptors (Lipinski definition) is 5. The van der Waals surface area contributed by atoms with E-state index in [2.05, 4.69) is 20.5 Å². The number of hydrogen-bond donors (Lipinski definition) is 3. The van der Waals surface area contributed by atoms with Gasteiger partial charge in [-0.25, -0.2) is 4.98 Å². The molecule has 0 atom stereocenters. The highest BCUT2D eigenvalue weighted by Gasteiger charge is 2.02. The molecule has 0 spiro atoms. The van der Waals surface area contributed by atoms with Crippen LogP contribution in [0.25, 0.3) is 11.0 Å². The van der Waals surface area contributed by atoms with Crippen molar-refractivity contribution in [3.8, 4) is 5.75 Å². The summed E-state index contributed by atoms with van der Waals surface area (Å²) in [5.41, 5.74) is 4.43. The second-order valence-electron chi connectivity index (χ2n) is 4.39. The zero-order valence-corrected chi connectivity index (χ0v) is 10.9. The highest BCUT2D eigenvalue weighted by atomic mass is 16.3. The largest absolute Gasteiger partial charge is 0.508 e. The first kappa shape index (κ1) is 12.9. The average molecular weight is 280 g/mol. The third-order valence-corrected chi connectivity index (χ3v) is 2.88. The summed E-state index contributed by atoms with van der Waals surface area (Å²) >= 11 is 0. The topological polar surface area (TPSA) is 90.4 Å². The molecule has 0 unspecified atom stereocenters. The number of rotatable bonds is 3. The smallest absolute Gasteiger partial charge is 0.293 e. The summed E-state index contributed by atoms with van der Waals surface area (Å²) in [5, 5.41) is 13.2. The van der Waals surface area contributed by atoms with E-state index in [1.54, 1.807) is 36.4 Å². The Bertz CT molecular complexity index is 853. The Morgan fingerprint density at radius 1 is 1.14 bits per heavy atom. The van der Waals surface area contributed by atoms with E-state index in [4.69, 9.17) is 0 Å². The highest BCUT2D eigenvalue weighted by molar-refractivity contribution is 5.80. The third kappa shape index (κ3) is 2.89. The van der Waals surface area contributed by atoms with Gasteiger partial charge in [0.1, 0.15) is 5.75 Å². The van der Waals surface area contributed by atoms with Gasteiger partial charge in [0.05, 0.1) is 17.2 Å². The highest BCUT2D eigenvalue weighted by Crippen LogP contribution is 2.09. The molecule has 0 aliphatic heterocycles. The van der Waals surface area contributed by atoms with Crippen LogP contribution in [0.5, 0.6) is 5.75 Å². The molecular formula is C15H12N4O2. The standard InChI is InChI=1S/C15H12N4O2/c20-11-7-5-10(6-8-11)9-16-19-14-15(21)18-13-4-2-1-3-12(13)17-14/h1-9,20H,(H,17,19)(H,18,21)/b16-9+. The number of aromatic hydroxyl groups is 1. The number of nitrogens with zero attached hydrogens (tertiary/aromatic N) is 2. The van der Waals surface area contributed by atoms with E-state index in [0.29, 0.717) is 11.0 Å². The number of phenolic OH excluding ortho intramolecular Hbond substituents is 1. The molecule has 3 N–H and O–H groups in total. The molecule has 0 bridgehead atoms. The van der Waals surface area contributed by atoms with Crippen molar-refractivity contribution in [2.75, 3.05) is 5.43 Å². The number of phenols is 1. The summed E-state index contributed by atoms with van der Waals surface area (Å²) in [5.74, 6) is 0.316. The van der Waals surface area contributed by atoms with Crippen molar-refractivity contribution < 1.29 is 5.11 Å². The fourth-order valence-electron chi connectivity index (χ4n) is 1.83. The van der Waals surface area contributed by atoms with Gasteiger partial charge in [-0.15, -0.1) is 0 Å². The van der Waals surface area contributed by atoms with E-state index in [0.717, 1.165) is 5.56 Å². The zero-order valence-electron chi connectivity index (χ0n) is 10.9. The van der Waals surface area contributed by atoms with Crippen LogP contribution in [0.3, 0.4) is 0 Å². The molecule has 3 aromatic rings. The average Bonchev–Trinajstić information content (AvgIpc) is 2.50. The molecule has 0 saturated heterocycles. The fourth-order valence-corrected chi connectivity index (χ4v) is 1.83. The number of aromatic amines is 1. The minimum Gasteiger partial charge on any atom is -0.508 e. The van der Waals surface area contributed by atoms with E-state index in [1.807, 2.05) is 12.1 Å². The lowest BCUT2D eigenvalue weighted by atomic mass is 10.2. The maximum Gasteiger partial charge on any atom is 0.293 e. The predicted octanol–water partition coefficient (Wildman–Crippen LogP) is 2.07. The number of aromatic nitrogens is 2. The molecule has 2 aromatic carbocycles. The Morgan fingerprint density at radius 2 is 1.90 bits per heavy atom. The number of H-pyrrole nitrogens is 1. The monoisotopic (exact) mass is 280 g/mol. The molecule has 1 heterocycles. The van der Waals surface area contributed by atoms with Gasteiger partial charge in [-0.05, 0) is 42.0 Å². The number of benzene rings is 2. The first-order valence-corrected chi connectivity index (χ1v) is 6.29. The Kier molecular flexibility index (Phi) is 3.34. The summed E-state index contributed by atoms with van der Waals surface area (Å²) in [6.45, 7) is 0. The normalized spacial score (nSPS) is 11.0. The molecule has 6 heteroatoms. The number of anilines is 1. The van der Waals surface area contributed by atoms with Crippen LogP contribution in [0.15, 0.2) is 58.4 Å². The van der Waals surface area contributed by atoms with Crippen LogP contribution >= 0.6 is 0 Å². The minimum absolute atomic E-state index is 0.128. The van der Waals surface area contributed by atoms with Crippen molar-refractivity contribution in [2.24, 2.45) is 5.10 Å². The van der Waals surface area contributed by atoms with Crippen molar-refractivity contribution in [3.63, 3.8) is 0 Å². The molecule has 104 valence electrons. The molecule has 21 heavy (non-hydrogen) atoms. The minimum atomic E-state index is -0.337. The van der Waals surface area contributed by atoms with Gasteiger partial charge in [-0.2, -0.15) is 5.10 Å². The van der Waals surface area contributed by atoms with Crippen LogP contribution in [0.1, 0.15) is 5.56 Å². The van der Waals surface area contributed by atoms with Gasteiger partial charge in [0.25, 0.3) is 5.56 Å². The van der Waals surface area contributed by atoms with Crippen LogP contribution in [-0.4, -0.2) is 21.3 Å². The van der Waals surface area contributed by atoms with Crippen molar-refractivity contribution in [1.29, 1.82) is 0 Å². The number of para-hydroxylation sites is 2. The van der Waals surface area contributed by atoms with E-state index < -0.39 is 0 Å². The molecule has 6 nitrogen and oxygen atoms in total. The van der Waals surface area contributed by atoms with Crippen LogP contribution in [-0.2, 0) is 0 Å². The van der Waals surface area contributed by atoms with Gasteiger partial charge >= 0.3 is 0 Å². The summed E-state index contributed by atoms with van der Waals surface area (Å²) < 4.78 is 0. The maximum absolute atomic E-state index is 11.8. The van der Waals surface area contributed by atoms with Crippen molar-refractivity contribution in [3.05, 3.63) is 64.4 Å². The molecule has 0 saturated carbocycles. The second kappa shape index (κ2) is 5.46. The Hall–Kier alpha value is -3.15. The Labute approximate surface area is 119 Å². The van der Waals surface area contributed by atoms with Crippen LogP contribution in [0.2, 0.25) is 0 Å². The molecule has 3 rings (SSSR count). The number of hydrazone groups is 1. The number of fused-ring (bicyclic) bond motifs is 1. The quantitative estimate of drug-likeness (QED) is 0.506. The van der Waals surface area contributed by atoms with Crippen molar-refractivity contribution in [1.82, 2.24) is 9.97 Å². The lowest BCUT2D eigenvalue weighted by Crippen LogP contribution is -2.13. The molecule has 0 aliphatic rings. The molecule has 0 fully saturated rings. The van der Waals surface area contributed by atoms with Gasteiger partial charge in [0, 0.05) is 0 Å².